The molecule has 3 heterocycles. The number of anilines is 2. The van der Waals surface area contributed by atoms with Gasteiger partial charge in [0.25, 0.3) is 5.91 Å². The summed E-state index contributed by atoms with van der Waals surface area (Å²) in [6.45, 7) is 1.70. The minimum absolute atomic E-state index is 0.137. The monoisotopic (exact) mass is 404 g/mol. The highest BCUT2D eigenvalue weighted by Crippen LogP contribution is 2.41. The fourth-order valence-corrected chi connectivity index (χ4v) is 4.50. The Kier molecular flexibility index (Phi) is 4.38. The van der Waals surface area contributed by atoms with Gasteiger partial charge in [-0.2, -0.15) is 0 Å². The zero-order chi connectivity index (χ0) is 20.8. The number of carbonyl (C=O) groups excluding carboxylic acids is 2. The van der Waals surface area contributed by atoms with Crippen molar-refractivity contribution >= 4 is 34.1 Å². The molecule has 2 aliphatic heterocycles. The quantitative estimate of drug-likeness (QED) is 0.699. The maximum atomic E-state index is 14.3. The molecular weight excluding hydrogens is 383 g/mol. The number of hydrogen-bond donors (Lipinski definition) is 2. The molecule has 1 saturated heterocycles. The van der Waals surface area contributed by atoms with E-state index in [2.05, 4.69) is 15.2 Å². The Hall–Kier alpha value is -3.48. The lowest BCUT2D eigenvalue weighted by molar-refractivity contribution is -0.116. The zero-order valence-corrected chi connectivity index (χ0v) is 16.3. The van der Waals surface area contributed by atoms with Crippen molar-refractivity contribution in [2.45, 2.75) is 25.2 Å². The molecule has 1 unspecified atom stereocenters. The van der Waals surface area contributed by atoms with Gasteiger partial charge in [-0.1, -0.05) is 18.2 Å². The van der Waals surface area contributed by atoms with Crippen LogP contribution in [0.4, 0.5) is 15.8 Å². The van der Waals surface area contributed by atoms with Gasteiger partial charge in [0, 0.05) is 42.2 Å². The number of nitrogens with zero attached hydrogens (tertiary/aromatic N) is 2. The number of carbonyl (C=O) groups is 2. The molecule has 6 nitrogen and oxygen atoms in total. The summed E-state index contributed by atoms with van der Waals surface area (Å²) < 4.78 is 14.3. The third kappa shape index (κ3) is 3.07. The van der Waals surface area contributed by atoms with Crippen molar-refractivity contribution < 1.29 is 14.0 Å². The number of fused-ring (bicyclic) bond motifs is 2. The zero-order valence-electron chi connectivity index (χ0n) is 16.3. The van der Waals surface area contributed by atoms with Gasteiger partial charge in [-0.05, 0) is 42.7 Å². The first kappa shape index (κ1) is 18.5. The molecule has 5 rings (SSSR count). The van der Waals surface area contributed by atoms with Gasteiger partial charge < -0.3 is 16.0 Å². The Morgan fingerprint density at radius 3 is 2.73 bits per heavy atom. The van der Waals surface area contributed by atoms with Crippen molar-refractivity contribution in [2.75, 3.05) is 23.3 Å². The smallest absolute Gasteiger partial charge is 0.250 e. The summed E-state index contributed by atoms with van der Waals surface area (Å²) >= 11 is 0. The predicted molar refractivity (Wildman–Crippen MR) is 113 cm³/mol. The van der Waals surface area contributed by atoms with E-state index in [4.69, 9.17) is 5.73 Å². The van der Waals surface area contributed by atoms with E-state index in [0.29, 0.717) is 22.3 Å². The highest BCUT2D eigenvalue weighted by molar-refractivity contribution is 6.03. The predicted octanol–water partition coefficient (Wildman–Crippen LogP) is 3.55. The lowest BCUT2D eigenvalue weighted by Gasteiger charge is -2.29. The Bertz CT molecular complexity index is 1190. The summed E-state index contributed by atoms with van der Waals surface area (Å²) in [6.07, 6.45) is 2.27. The van der Waals surface area contributed by atoms with Gasteiger partial charge in [-0.3, -0.25) is 9.59 Å². The molecule has 1 aromatic heterocycles. The van der Waals surface area contributed by atoms with Crippen LogP contribution in [0.1, 0.15) is 46.8 Å². The number of rotatable bonds is 3. The van der Waals surface area contributed by atoms with E-state index in [9.17, 15) is 14.0 Å². The van der Waals surface area contributed by atoms with Crippen LogP contribution in [0.3, 0.4) is 0 Å². The summed E-state index contributed by atoms with van der Waals surface area (Å²) in [4.78, 5) is 31.4. The fourth-order valence-electron chi connectivity index (χ4n) is 4.50. The molecule has 0 saturated carbocycles. The minimum Gasteiger partial charge on any atom is -0.371 e. The largest absolute Gasteiger partial charge is 0.371 e. The molecule has 0 radical (unpaired) electrons. The molecule has 1 atom stereocenters. The first-order valence-corrected chi connectivity index (χ1v) is 10.1. The molecule has 1 fully saturated rings. The summed E-state index contributed by atoms with van der Waals surface area (Å²) in [5.41, 5.74) is 9.17. The molecule has 3 N–H and O–H groups in total. The number of halogens is 1. The number of aromatic nitrogens is 1. The third-order valence-electron chi connectivity index (χ3n) is 5.97. The average molecular weight is 404 g/mol. The highest BCUT2D eigenvalue weighted by Gasteiger charge is 2.31. The summed E-state index contributed by atoms with van der Waals surface area (Å²) in [5.74, 6) is -1.43. The number of para-hydroxylation sites is 1. The summed E-state index contributed by atoms with van der Waals surface area (Å²) in [5, 5.41) is 3.61. The molecule has 0 aliphatic carbocycles. The lowest BCUT2D eigenvalue weighted by Crippen LogP contribution is -2.28. The van der Waals surface area contributed by atoms with Crippen LogP contribution in [0.15, 0.2) is 42.5 Å². The maximum Gasteiger partial charge on any atom is 0.250 e. The van der Waals surface area contributed by atoms with Crippen LogP contribution >= 0.6 is 0 Å². The van der Waals surface area contributed by atoms with E-state index in [1.54, 1.807) is 24.3 Å². The van der Waals surface area contributed by atoms with Crippen LogP contribution in [-0.2, 0) is 4.79 Å². The van der Waals surface area contributed by atoms with Crippen LogP contribution in [-0.4, -0.2) is 29.9 Å². The second kappa shape index (κ2) is 7.09. The third-order valence-corrected chi connectivity index (χ3v) is 5.97. The van der Waals surface area contributed by atoms with Crippen LogP contribution in [0.5, 0.6) is 0 Å². The van der Waals surface area contributed by atoms with Crippen molar-refractivity contribution in [1.29, 1.82) is 0 Å². The number of benzene rings is 2. The van der Waals surface area contributed by atoms with E-state index in [1.807, 2.05) is 12.1 Å². The Morgan fingerprint density at radius 2 is 1.97 bits per heavy atom. The molecular formula is C23H21FN4O2. The molecule has 152 valence electrons. The SMILES string of the molecule is NC(=O)c1cc2c(cc1N1CCCC1)NC(=O)CC2c1ccc2cccc(F)c2n1. The second-order valence-electron chi connectivity index (χ2n) is 7.87. The maximum absolute atomic E-state index is 14.3. The standard InChI is InChI=1S/C23H21FN4O2/c24-17-5-3-4-13-6-7-18(27-22(13)17)15-11-21(29)26-19-12-20(28-8-1-2-9-28)16(23(25)30)10-14(15)19/h3-7,10,12,15H,1-2,8-9,11H2,(H2,25,30)(H,26,29). The number of primary amides is 1. The first-order chi connectivity index (χ1) is 14.5. The number of pyridine rings is 1. The molecule has 2 amide bonds. The van der Waals surface area contributed by atoms with E-state index in [1.165, 1.54) is 6.07 Å². The summed E-state index contributed by atoms with van der Waals surface area (Å²) in [6, 6.07) is 12.0. The molecule has 3 aromatic rings. The van der Waals surface area contributed by atoms with Gasteiger partial charge in [-0.25, -0.2) is 9.37 Å². The van der Waals surface area contributed by atoms with E-state index in [0.717, 1.165) is 37.2 Å². The molecule has 0 bridgehead atoms. The van der Waals surface area contributed by atoms with E-state index >= 15 is 0 Å². The fraction of sp³-hybridized carbons (Fsp3) is 0.261. The Morgan fingerprint density at radius 1 is 1.17 bits per heavy atom. The second-order valence-corrected chi connectivity index (χ2v) is 7.87. The topological polar surface area (TPSA) is 88.3 Å². The van der Waals surface area contributed by atoms with Gasteiger partial charge in [0.05, 0.1) is 11.3 Å². The number of hydrogen-bond acceptors (Lipinski definition) is 4. The number of nitrogens with two attached hydrogens (primary N) is 1. The summed E-state index contributed by atoms with van der Waals surface area (Å²) in [7, 11) is 0. The number of nitrogens with one attached hydrogen (secondary N) is 1. The normalized spacial score (nSPS) is 18.4. The first-order valence-electron chi connectivity index (χ1n) is 10.1. The number of amides is 2. The molecule has 7 heteroatoms. The van der Waals surface area contributed by atoms with Gasteiger partial charge in [-0.15, -0.1) is 0 Å². The van der Waals surface area contributed by atoms with Crippen LogP contribution < -0.4 is 16.0 Å². The van der Waals surface area contributed by atoms with E-state index < -0.39 is 11.7 Å². The van der Waals surface area contributed by atoms with Crippen molar-refractivity contribution in [2.24, 2.45) is 5.73 Å². The van der Waals surface area contributed by atoms with Crippen molar-refractivity contribution in [1.82, 2.24) is 4.98 Å². The van der Waals surface area contributed by atoms with Crippen LogP contribution in [0, 0.1) is 5.82 Å². The van der Waals surface area contributed by atoms with Gasteiger partial charge in [0.15, 0.2) is 0 Å². The van der Waals surface area contributed by atoms with Crippen molar-refractivity contribution in [3.05, 3.63) is 65.1 Å². The minimum atomic E-state index is -0.507. The van der Waals surface area contributed by atoms with E-state index in [-0.39, 0.29) is 23.8 Å². The molecule has 0 spiro atoms. The Balaban J connectivity index is 1.66. The molecule has 2 aliphatic rings. The van der Waals surface area contributed by atoms with Crippen molar-refractivity contribution in [3.8, 4) is 0 Å². The van der Waals surface area contributed by atoms with Crippen molar-refractivity contribution in [3.63, 3.8) is 0 Å². The Labute approximate surface area is 172 Å². The van der Waals surface area contributed by atoms with Gasteiger partial charge >= 0.3 is 0 Å². The van der Waals surface area contributed by atoms with Crippen LogP contribution in [0.2, 0.25) is 0 Å². The molecule has 2 aromatic carbocycles. The van der Waals surface area contributed by atoms with Gasteiger partial charge in [0.1, 0.15) is 11.3 Å². The van der Waals surface area contributed by atoms with Crippen LogP contribution in [0.25, 0.3) is 10.9 Å². The average Bonchev–Trinajstić information content (AvgIpc) is 3.27. The molecule has 30 heavy (non-hydrogen) atoms. The highest BCUT2D eigenvalue weighted by atomic mass is 19.1. The lowest BCUT2D eigenvalue weighted by atomic mass is 9.85. The van der Waals surface area contributed by atoms with Gasteiger partial charge in [0.2, 0.25) is 5.91 Å².